The van der Waals surface area contributed by atoms with Crippen LogP contribution in [0, 0.1) is 0 Å². The fraction of sp³-hybridized carbons (Fsp3) is 0.429. The molecule has 0 saturated carbocycles. The van der Waals surface area contributed by atoms with E-state index in [1.165, 1.54) is 7.11 Å². The number of benzene rings is 2. The highest BCUT2D eigenvalue weighted by molar-refractivity contribution is 5.85. The predicted molar refractivity (Wildman–Crippen MR) is 116 cm³/mol. The van der Waals surface area contributed by atoms with Crippen molar-refractivity contribution in [3.05, 3.63) is 59.7 Å². The molecule has 2 aromatic rings. The van der Waals surface area contributed by atoms with E-state index in [1.54, 1.807) is 18.2 Å². The van der Waals surface area contributed by atoms with E-state index in [9.17, 15) is 13.2 Å². The fourth-order valence-electron chi connectivity index (χ4n) is 3.42. The SMILES string of the molecule is COc1ccc([C@@H](CC(F)(F)F)N2CCNCC2)cc1OCc1ccccc1.Cl.Cl. The Balaban J connectivity index is 0.00000225. The van der Waals surface area contributed by atoms with Gasteiger partial charge < -0.3 is 14.8 Å². The van der Waals surface area contributed by atoms with Crippen LogP contribution in [0.1, 0.15) is 23.6 Å². The summed E-state index contributed by atoms with van der Waals surface area (Å²) in [6, 6.07) is 13.9. The second kappa shape index (κ2) is 12.2. The molecule has 1 atom stereocenters. The first kappa shape index (κ1) is 26.4. The molecule has 0 unspecified atom stereocenters. The molecule has 0 amide bonds. The van der Waals surface area contributed by atoms with Crippen LogP contribution in [0.4, 0.5) is 13.2 Å². The molecule has 168 valence electrons. The van der Waals surface area contributed by atoms with Gasteiger partial charge in [0.05, 0.1) is 13.5 Å². The number of hydrogen-bond donors (Lipinski definition) is 1. The van der Waals surface area contributed by atoms with E-state index in [2.05, 4.69) is 5.32 Å². The van der Waals surface area contributed by atoms with Crippen LogP contribution in [0.3, 0.4) is 0 Å². The highest BCUT2D eigenvalue weighted by atomic mass is 35.5. The Morgan fingerprint density at radius 3 is 2.27 bits per heavy atom. The zero-order valence-corrected chi connectivity index (χ0v) is 18.3. The Morgan fingerprint density at radius 2 is 1.67 bits per heavy atom. The van der Waals surface area contributed by atoms with Crippen molar-refractivity contribution in [2.45, 2.75) is 25.2 Å². The second-order valence-corrected chi connectivity index (χ2v) is 6.81. The number of piperazine rings is 1. The first-order chi connectivity index (χ1) is 13.5. The van der Waals surface area contributed by atoms with E-state index in [0.29, 0.717) is 49.8 Å². The number of rotatable bonds is 7. The Bertz CT molecular complexity index is 758. The molecule has 9 heteroatoms. The van der Waals surface area contributed by atoms with Crippen LogP contribution in [-0.2, 0) is 6.61 Å². The zero-order valence-electron chi connectivity index (χ0n) is 16.7. The molecular formula is C21H27Cl2F3N2O2. The molecule has 3 rings (SSSR count). The monoisotopic (exact) mass is 466 g/mol. The number of alkyl halides is 3. The number of ether oxygens (including phenoxy) is 2. The smallest absolute Gasteiger partial charge is 0.390 e. The molecule has 1 aliphatic rings. The van der Waals surface area contributed by atoms with Crippen molar-refractivity contribution in [1.29, 1.82) is 0 Å². The standard InChI is InChI=1S/C21H25F3N2O2.2ClH/c1-27-19-8-7-17(13-20(19)28-15-16-5-3-2-4-6-16)18(14-21(22,23)24)26-11-9-25-10-12-26;;/h2-8,13,18,25H,9-12,14-15H2,1H3;2*1H/t18-;;/m1../s1. The van der Waals surface area contributed by atoms with Gasteiger partial charge in [-0.05, 0) is 23.3 Å². The van der Waals surface area contributed by atoms with Crippen molar-refractivity contribution in [3.8, 4) is 11.5 Å². The maximum atomic E-state index is 13.3. The quantitative estimate of drug-likeness (QED) is 0.621. The molecule has 4 nitrogen and oxygen atoms in total. The highest BCUT2D eigenvalue weighted by Gasteiger charge is 2.36. The van der Waals surface area contributed by atoms with Crippen LogP contribution in [0.15, 0.2) is 48.5 Å². The average Bonchev–Trinajstić information content (AvgIpc) is 2.71. The van der Waals surface area contributed by atoms with Gasteiger partial charge in [0.2, 0.25) is 0 Å². The summed E-state index contributed by atoms with van der Waals surface area (Å²) >= 11 is 0. The normalized spacial score (nSPS) is 15.5. The molecule has 2 aromatic carbocycles. The van der Waals surface area contributed by atoms with Crippen molar-refractivity contribution in [2.75, 3.05) is 33.3 Å². The lowest BCUT2D eigenvalue weighted by atomic mass is 10.00. The Kier molecular flexibility index (Phi) is 10.8. The minimum Gasteiger partial charge on any atom is -0.493 e. The summed E-state index contributed by atoms with van der Waals surface area (Å²) in [4.78, 5) is 1.88. The zero-order chi connectivity index (χ0) is 20.0. The molecule has 0 aromatic heterocycles. The van der Waals surface area contributed by atoms with Crippen molar-refractivity contribution in [3.63, 3.8) is 0 Å². The Morgan fingerprint density at radius 1 is 1.00 bits per heavy atom. The van der Waals surface area contributed by atoms with Gasteiger partial charge in [-0.2, -0.15) is 13.2 Å². The van der Waals surface area contributed by atoms with Gasteiger partial charge in [-0.3, -0.25) is 4.90 Å². The molecule has 1 saturated heterocycles. The van der Waals surface area contributed by atoms with Crippen molar-refractivity contribution < 1.29 is 22.6 Å². The third-order valence-corrected chi connectivity index (χ3v) is 4.83. The number of nitrogens with one attached hydrogen (secondary N) is 1. The third-order valence-electron chi connectivity index (χ3n) is 4.83. The maximum absolute atomic E-state index is 13.3. The summed E-state index contributed by atoms with van der Waals surface area (Å²) in [5.74, 6) is 0.955. The van der Waals surface area contributed by atoms with Crippen LogP contribution in [0.5, 0.6) is 11.5 Å². The van der Waals surface area contributed by atoms with Gasteiger partial charge in [-0.25, -0.2) is 0 Å². The van der Waals surface area contributed by atoms with E-state index in [0.717, 1.165) is 5.56 Å². The van der Waals surface area contributed by atoms with Crippen LogP contribution in [-0.4, -0.2) is 44.4 Å². The summed E-state index contributed by atoms with van der Waals surface area (Å²) in [7, 11) is 1.52. The van der Waals surface area contributed by atoms with E-state index in [1.807, 2.05) is 35.2 Å². The molecule has 0 bridgehead atoms. The van der Waals surface area contributed by atoms with Gasteiger partial charge in [0.15, 0.2) is 11.5 Å². The first-order valence-corrected chi connectivity index (χ1v) is 9.32. The van der Waals surface area contributed by atoms with Crippen LogP contribution in [0.25, 0.3) is 0 Å². The van der Waals surface area contributed by atoms with Crippen LogP contribution < -0.4 is 14.8 Å². The molecular weight excluding hydrogens is 440 g/mol. The Hall–Kier alpha value is -1.67. The predicted octanol–water partition coefficient (Wildman–Crippen LogP) is 5.02. The maximum Gasteiger partial charge on any atom is 0.390 e. The molecule has 0 radical (unpaired) electrons. The van der Waals surface area contributed by atoms with Crippen LogP contribution >= 0.6 is 24.8 Å². The molecule has 1 aliphatic heterocycles. The molecule has 1 N–H and O–H groups in total. The highest BCUT2D eigenvalue weighted by Crippen LogP contribution is 2.38. The van der Waals surface area contributed by atoms with Gasteiger partial charge in [0.1, 0.15) is 6.61 Å². The minimum absolute atomic E-state index is 0. The van der Waals surface area contributed by atoms with Crippen LogP contribution in [0.2, 0.25) is 0 Å². The second-order valence-electron chi connectivity index (χ2n) is 6.81. The van der Waals surface area contributed by atoms with E-state index >= 15 is 0 Å². The van der Waals surface area contributed by atoms with Gasteiger partial charge in [0.25, 0.3) is 0 Å². The molecule has 30 heavy (non-hydrogen) atoms. The van der Waals surface area contributed by atoms with Gasteiger partial charge in [-0.15, -0.1) is 24.8 Å². The van der Waals surface area contributed by atoms with Gasteiger partial charge in [-0.1, -0.05) is 36.4 Å². The molecule has 0 aliphatic carbocycles. The topological polar surface area (TPSA) is 33.7 Å². The molecule has 1 heterocycles. The van der Waals surface area contributed by atoms with Crippen molar-refractivity contribution in [2.24, 2.45) is 0 Å². The lowest BCUT2D eigenvalue weighted by molar-refractivity contribution is -0.148. The summed E-state index contributed by atoms with van der Waals surface area (Å²) in [5.41, 5.74) is 1.56. The van der Waals surface area contributed by atoms with Crippen molar-refractivity contribution >= 4 is 24.8 Å². The number of halogens is 5. The molecule has 0 spiro atoms. The summed E-state index contributed by atoms with van der Waals surface area (Å²) in [6.07, 6.45) is -5.14. The number of nitrogens with zero attached hydrogens (tertiary/aromatic N) is 1. The largest absolute Gasteiger partial charge is 0.493 e. The lowest BCUT2D eigenvalue weighted by Gasteiger charge is -2.35. The number of hydrogen-bond acceptors (Lipinski definition) is 4. The Labute approximate surface area is 187 Å². The first-order valence-electron chi connectivity index (χ1n) is 9.32. The third kappa shape index (κ3) is 7.54. The fourth-order valence-corrected chi connectivity index (χ4v) is 3.42. The lowest BCUT2D eigenvalue weighted by Crippen LogP contribution is -2.46. The number of methoxy groups -OCH3 is 1. The summed E-state index contributed by atoms with van der Waals surface area (Å²) in [6.45, 7) is 2.84. The summed E-state index contributed by atoms with van der Waals surface area (Å²) < 4.78 is 51.0. The van der Waals surface area contributed by atoms with E-state index < -0.39 is 18.6 Å². The van der Waals surface area contributed by atoms with Crippen molar-refractivity contribution in [1.82, 2.24) is 10.2 Å². The van der Waals surface area contributed by atoms with E-state index in [4.69, 9.17) is 9.47 Å². The minimum atomic E-state index is -4.25. The average molecular weight is 467 g/mol. The van der Waals surface area contributed by atoms with Gasteiger partial charge in [0, 0.05) is 32.2 Å². The van der Waals surface area contributed by atoms with Gasteiger partial charge >= 0.3 is 6.18 Å². The van der Waals surface area contributed by atoms with E-state index in [-0.39, 0.29) is 24.8 Å². The molecule has 1 fully saturated rings. The summed E-state index contributed by atoms with van der Waals surface area (Å²) in [5, 5.41) is 3.18.